The van der Waals surface area contributed by atoms with Gasteiger partial charge in [-0.25, -0.2) is 9.37 Å². The number of anilines is 1. The van der Waals surface area contributed by atoms with Gasteiger partial charge in [0.05, 0.1) is 11.6 Å². The number of rotatable bonds is 5. The third-order valence-corrected chi connectivity index (χ3v) is 6.71. The highest BCUT2D eigenvalue weighted by molar-refractivity contribution is 7.99. The van der Waals surface area contributed by atoms with Crippen LogP contribution in [0.2, 0.25) is 0 Å². The Bertz CT molecular complexity index is 1130. The number of aromatic nitrogens is 2. The summed E-state index contributed by atoms with van der Waals surface area (Å²) in [6.07, 6.45) is 4.94. The molecule has 0 spiro atoms. The number of hydrogen-bond donors (Lipinski definition) is 1. The largest absolute Gasteiger partial charge is 0.338 e. The van der Waals surface area contributed by atoms with Gasteiger partial charge in [0.1, 0.15) is 5.82 Å². The fraction of sp³-hybridized carbons (Fsp3) is 0.292. The molecule has 3 aromatic rings. The van der Waals surface area contributed by atoms with Crippen LogP contribution in [0.1, 0.15) is 28.8 Å². The van der Waals surface area contributed by atoms with E-state index in [2.05, 4.69) is 10.3 Å². The zero-order valence-corrected chi connectivity index (χ0v) is 18.9. The lowest BCUT2D eigenvalue weighted by atomic mass is 9.96. The molecule has 2 aromatic carbocycles. The van der Waals surface area contributed by atoms with E-state index < -0.39 is 5.82 Å². The van der Waals surface area contributed by atoms with Crippen molar-refractivity contribution in [3.8, 4) is 0 Å². The summed E-state index contributed by atoms with van der Waals surface area (Å²) < 4.78 is 15.8. The Balaban J connectivity index is 1.46. The highest BCUT2D eigenvalue weighted by Crippen LogP contribution is 2.33. The number of aryl methyl sites for hydroxylation is 2. The van der Waals surface area contributed by atoms with Gasteiger partial charge in [0.15, 0.2) is 5.16 Å². The Labute approximate surface area is 190 Å². The van der Waals surface area contributed by atoms with Crippen LogP contribution in [0.4, 0.5) is 10.1 Å². The van der Waals surface area contributed by atoms with Crippen molar-refractivity contribution in [2.75, 3.05) is 18.4 Å². The summed E-state index contributed by atoms with van der Waals surface area (Å²) in [4.78, 5) is 32.6. The quantitative estimate of drug-likeness (QED) is 0.619. The Morgan fingerprint density at radius 1 is 1.19 bits per heavy atom. The van der Waals surface area contributed by atoms with E-state index in [1.165, 1.54) is 23.9 Å². The summed E-state index contributed by atoms with van der Waals surface area (Å²) in [5.74, 6) is -1.06. The Kier molecular flexibility index (Phi) is 6.60. The second-order valence-corrected chi connectivity index (χ2v) is 9.02. The van der Waals surface area contributed by atoms with Crippen LogP contribution in [0.15, 0.2) is 64.9 Å². The number of carbonyl (C=O) groups is 2. The van der Waals surface area contributed by atoms with Crippen LogP contribution in [-0.2, 0) is 11.8 Å². The maximum Gasteiger partial charge on any atom is 0.253 e. The molecule has 1 aliphatic rings. The molecule has 1 atom stereocenters. The second kappa shape index (κ2) is 9.56. The Morgan fingerprint density at radius 2 is 1.97 bits per heavy atom. The molecule has 8 heteroatoms. The number of imidazole rings is 1. The number of hydrogen-bond acceptors (Lipinski definition) is 4. The van der Waals surface area contributed by atoms with Gasteiger partial charge < -0.3 is 14.8 Å². The molecule has 2 amide bonds. The molecule has 4 rings (SSSR count). The van der Waals surface area contributed by atoms with E-state index in [0.717, 1.165) is 17.1 Å². The van der Waals surface area contributed by atoms with Crippen molar-refractivity contribution in [1.29, 1.82) is 0 Å². The fourth-order valence-corrected chi connectivity index (χ4v) is 4.60. The lowest BCUT2D eigenvalue weighted by molar-refractivity contribution is -0.121. The van der Waals surface area contributed by atoms with Crippen LogP contribution >= 0.6 is 11.8 Å². The molecular formula is C24H25FN4O2S. The number of nitrogens with one attached hydrogen (secondary N) is 1. The minimum Gasteiger partial charge on any atom is -0.338 e. The minimum absolute atomic E-state index is 0.0701. The summed E-state index contributed by atoms with van der Waals surface area (Å²) in [5.41, 5.74) is 2.12. The molecule has 1 unspecified atom stereocenters. The van der Waals surface area contributed by atoms with Gasteiger partial charge in [0.2, 0.25) is 5.91 Å². The zero-order chi connectivity index (χ0) is 22.7. The molecule has 6 nitrogen and oxygen atoms in total. The van der Waals surface area contributed by atoms with Gasteiger partial charge in [0.25, 0.3) is 5.91 Å². The highest BCUT2D eigenvalue weighted by atomic mass is 32.2. The van der Waals surface area contributed by atoms with Crippen molar-refractivity contribution in [2.24, 2.45) is 13.0 Å². The standard InChI is InChI=1S/C24H25FN4O2S/c1-16-5-7-17(8-6-16)23(31)29-12-3-4-18(15-29)22(30)27-20-14-19(25)9-10-21(20)32-24-26-11-13-28(24)2/h5-11,13-14,18H,3-4,12,15H2,1-2H3,(H,27,30). The van der Waals surface area contributed by atoms with Gasteiger partial charge in [0, 0.05) is 43.0 Å². The Hall–Kier alpha value is -3.13. The van der Waals surface area contributed by atoms with Crippen LogP contribution < -0.4 is 5.32 Å². The predicted molar refractivity (Wildman–Crippen MR) is 122 cm³/mol. The maximum atomic E-state index is 13.9. The van der Waals surface area contributed by atoms with Crippen molar-refractivity contribution in [2.45, 2.75) is 29.8 Å². The van der Waals surface area contributed by atoms with Crippen molar-refractivity contribution in [3.05, 3.63) is 71.8 Å². The molecule has 1 aliphatic heterocycles. The smallest absolute Gasteiger partial charge is 0.253 e. The molecule has 1 aromatic heterocycles. The van der Waals surface area contributed by atoms with Gasteiger partial charge in [-0.05, 0) is 61.9 Å². The normalized spacial score (nSPS) is 16.1. The van der Waals surface area contributed by atoms with Gasteiger partial charge in [-0.15, -0.1) is 0 Å². The summed E-state index contributed by atoms with van der Waals surface area (Å²) in [6, 6.07) is 11.8. The van der Waals surface area contributed by atoms with E-state index >= 15 is 0 Å². The monoisotopic (exact) mass is 452 g/mol. The number of halogens is 1. The molecule has 2 heterocycles. The minimum atomic E-state index is -0.427. The van der Waals surface area contributed by atoms with Crippen molar-refractivity contribution in [1.82, 2.24) is 14.5 Å². The highest BCUT2D eigenvalue weighted by Gasteiger charge is 2.29. The van der Waals surface area contributed by atoms with Crippen LogP contribution in [0, 0.1) is 18.7 Å². The number of amides is 2. The molecule has 0 saturated carbocycles. The first-order chi connectivity index (χ1) is 15.4. The van der Waals surface area contributed by atoms with Crippen LogP contribution in [0.3, 0.4) is 0 Å². The average molecular weight is 453 g/mol. The second-order valence-electron chi connectivity index (χ2n) is 8.01. The maximum absolute atomic E-state index is 13.9. The van der Waals surface area contributed by atoms with E-state index in [0.29, 0.717) is 35.7 Å². The molecule has 0 bridgehead atoms. The molecule has 166 valence electrons. The Morgan fingerprint density at radius 3 is 2.69 bits per heavy atom. The van der Waals surface area contributed by atoms with Gasteiger partial charge in [-0.1, -0.05) is 17.7 Å². The molecule has 1 fully saturated rings. The molecule has 1 saturated heterocycles. The number of likely N-dealkylation sites (tertiary alicyclic amines) is 1. The summed E-state index contributed by atoms with van der Waals surface area (Å²) in [7, 11) is 1.87. The van der Waals surface area contributed by atoms with E-state index in [1.54, 1.807) is 17.2 Å². The van der Waals surface area contributed by atoms with Crippen LogP contribution in [0.5, 0.6) is 0 Å². The lowest BCUT2D eigenvalue weighted by Gasteiger charge is -2.32. The lowest BCUT2D eigenvalue weighted by Crippen LogP contribution is -2.43. The first-order valence-electron chi connectivity index (χ1n) is 10.5. The van der Waals surface area contributed by atoms with Crippen molar-refractivity contribution < 1.29 is 14.0 Å². The molecule has 32 heavy (non-hydrogen) atoms. The number of benzene rings is 2. The predicted octanol–water partition coefficient (Wildman–Crippen LogP) is 4.51. The molecular weight excluding hydrogens is 427 g/mol. The number of nitrogens with zero attached hydrogens (tertiary/aromatic N) is 3. The van der Waals surface area contributed by atoms with Crippen molar-refractivity contribution >= 4 is 29.3 Å². The van der Waals surface area contributed by atoms with E-state index in [9.17, 15) is 14.0 Å². The van der Waals surface area contributed by atoms with Crippen molar-refractivity contribution in [3.63, 3.8) is 0 Å². The molecule has 1 N–H and O–H groups in total. The summed E-state index contributed by atoms with van der Waals surface area (Å²) in [5, 5.41) is 3.62. The number of carbonyl (C=O) groups excluding carboxylic acids is 2. The molecule has 0 radical (unpaired) electrons. The van der Waals surface area contributed by atoms with Gasteiger partial charge >= 0.3 is 0 Å². The van der Waals surface area contributed by atoms with E-state index in [-0.39, 0.29) is 17.7 Å². The van der Waals surface area contributed by atoms with Crippen LogP contribution in [0.25, 0.3) is 0 Å². The van der Waals surface area contributed by atoms with Gasteiger partial charge in [-0.2, -0.15) is 0 Å². The topological polar surface area (TPSA) is 67.2 Å². The zero-order valence-electron chi connectivity index (χ0n) is 18.0. The summed E-state index contributed by atoms with van der Waals surface area (Å²) in [6.45, 7) is 2.94. The average Bonchev–Trinajstić information content (AvgIpc) is 3.20. The SMILES string of the molecule is Cc1ccc(C(=O)N2CCCC(C(=O)Nc3cc(F)ccc3Sc3nccn3C)C2)cc1. The van der Waals surface area contributed by atoms with E-state index in [1.807, 2.05) is 49.0 Å². The first kappa shape index (κ1) is 22.1. The van der Waals surface area contributed by atoms with Crippen LogP contribution in [-0.4, -0.2) is 39.4 Å². The summed E-state index contributed by atoms with van der Waals surface area (Å²) >= 11 is 1.35. The van der Waals surface area contributed by atoms with E-state index in [4.69, 9.17) is 0 Å². The first-order valence-corrected chi connectivity index (χ1v) is 11.3. The third kappa shape index (κ3) is 5.02. The number of piperidine rings is 1. The van der Waals surface area contributed by atoms with Gasteiger partial charge in [-0.3, -0.25) is 9.59 Å². The fourth-order valence-electron chi connectivity index (χ4n) is 3.73. The molecule has 0 aliphatic carbocycles. The third-order valence-electron chi connectivity index (χ3n) is 5.56.